The molecule has 0 aromatic heterocycles. The fourth-order valence-corrected chi connectivity index (χ4v) is 2.08. The molecule has 1 aromatic rings. The van der Waals surface area contributed by atoms with Gasteiger partial charge < -0.3 is 14.4 Å². The first-order chi connectivity index (χ1) is 8.22. The van der Waals surface area contributed by atoms with Crippen LogP contribution in [0.25, 0.3) is 0 Å². The van der Waals surface area contributed by atoms with Crippen LogP contribution in [0.1, 0.15) is 17.2 Å². The highest BCUT2D eigenvalue weighted by Crippen LogP contribution is 2.25. The number of benzene rings is 1. The van der Waals surface area contributed by atoms with Crippen LogP contribution in [0, 0.1) is 6.92 Å². The number of carbonyl (C=O) groups excluding carboxylic acids is 1. The topological polar surface area (TPSA) is 38.8 Å². The van der Waals surface area contributed by atoms with Gasteiger partial charge in [0.2, 0.25) is 0 Å². The molecule has 1 unspecified atom stereocenters. The molecule has 4 heteroatoms. The van der Waals surface area contributed by atoms with E-state index in [1.165, 1.54) is 12.7 Å². The molecular weight excluding hydrogens is 218 g/mol. The molecule has 1 aliphatic heterocycles. The smallest absolute Gasteiger partial charge is 0.409 e. The molecule has 1 saturated heterocycles. The molecule has 0 aliphatic carbocycles. The van der Waals surface area contributed by atoms with Gasteiger partial charge in [-0.15, -0.1) is 0 Å². The lowest BCUT2D eigenvalue weighted by atomic mass is 10.0. The van der Waals surface area contributed by atoms with Crippen molar-refractivity contribution in [2.24, 2.45) is 0 Å². The molecule has 0 N–H and O–H groups in total. The molecule has 0 bridgehead atoms. The first-order valence-corrected chi connectivity index (χ1v) is 5.72. The van der Waals surface area contributed by atoms with E-state index in [2.05, 4.69) is 13.0 Å². The zero-order chi connectivity index (χ0) is 12.3. The Morgan fingerprint density at radius 3 is 2.94 bits per heavy atom. The Hall–Kier alpha value is -1.55. The van der Waals surface area contributed by atoms with E-state index >= 15 is 0 Å². The Kier molecular flexibility index (Phi) is 3.64. The quantitative estimate of drug-likeness (QED) is 0.748. The van der Waals surface area contributed by atoms with Gasteiger partial charge >= 0.3 is 6.09 Å². The van der Waals surface area contributed by atoms with Crippen molar-refractivity contribution in [2.45, 2.75) is 13.0 Å². The van der Waals surface area contributed by atoms with E-state index in [0.717, 1.165) is 5.56 Å². The van der Waals surface area contributed by atoms with E-state index in [9.17, 15) is 4.79 Å². The Morgan fingerprint density at radius 2 is 2.24 bits per heavy atom. The molecule has 0 saturated carbocycles. The SMILES string of the molecule is COC(=O)N1CCOC(c2ccccc2C)C1. The van der Waals surface area contributed by atoms with E-state index in [1.54, 1.807) is 4.90 Å². The first-order valence-electron chi connectivity index (χ1n) is 5.72. The van der Waals surface area contributed by atoms with Gasteiger partial charge in [-0.1, -0.05) is 24.3 Å². The highest BCUT2D eigenvalue weighted by Gasteiger charge is 2.26. The number of hydrogen-bond acceptors (Lipinski definition) is 3. The van der Waals surface area contributed by atoms with Gasteiger partial charge in [0.1, 0.15) is 6.10 Å². The van der Waals surface area contributed by atoms with Crippen LogP contribution >= 0.6 is 0 Å². The number of nitrogens with zero attached hydrogens (tertiary/aromatic N) is 1. The summed E-state index contributed by atoms with van der Waals surface area (Å²) in [4.78, 5) is 13.2. The lowest BCUT2D eigenvalue weighted by Gasteiger charge is -2.32. The third-order valence-electron chi connectivity index (χ3n) is 3.03. The zero-order valence-electron chi connectivity index (χ0n) is 10.2. The summed E-state index contributed by atoms with van der Waals surface area (Å²) in [6, 6.07) is 8.08. The standard InChI is InChI=1S/C13H17NO3/c1-10-5-3-4-6-11(10)12-9-14(7-8-17-12)13(15)16-2/h3-6,12H,7-9H2,1-2H3. The van der Waals surface area contributed by atoms with Gasteiger partial charge in [0, 0.05) is 6.54 Å². The fourth-order valence-electron chi connectivity index (χ4n) is 2.08. The second-order valence-electron chi connectivity index (χ2n) is 4.13. The average molecular weight is 235 g/mol. The van der Waals surface area contributed by atoms with Crippen molar-refractivity contribution in [2.75, 3.05) is 26.8 Å². The van der Waals surface area contributed by atoms with Crippen molar-refractivity contribution in [1.29, 1.82) is 0 Å². The third-order valence-corrected chi connectivity index (χ3v) is 3.03. The number of rotatable bonds is 1. The number of amides is 1. The minimum atomic E-state index is -0.285. The van der Waals surface area contributed by atoms with Crippen LogP contribution in [0.5, 0.6) is 0 Å². The predicted octanol–water partition coefficient (Wildman–Crippen LogP) is 2.13. The zero-order valence-corrected chi connectivity index (χ0v) is 10.2. The minimum absolute atomic E-state index is 0.0518. The highest BCUT2D eigenvalue weighted by molar-refractivity contribution is 5.67. The molecule has 1 amide bonds. The lowest BCUT2D eigenvalue weighted by molar-refractivity contribution is -0.0261. The minimum Gasteiger partial charge on any atom is -0.453 e. The van der Waals surface area contributed by atoms with Crippen molar-refractivity contribution >= 4 is 6.09 Å². The Labute approximate surface area is 101 Å². The molecule has 0 spiro atoms. The summed E-state index contributed by atoms with van der Waals surface area (Å²) in [6.07, 6.45) is -0.337. The molecule has 1 aromatic carbocycles. The summed E-state index contributed by atoms with van der Waals surface area (Å²) in [7, 11) is 1.40. The normalized spacial score (nSPS) is 20.1. The summed E-state index contributed by atoms with van der Waals surface area (Å²) >= 11 is 0. The molecule has 1 heterocycles. The van der Waals surface area contributed by atoms with E-state index < -0.39 is 0 Å². The fraction of sp³-hybridized carbons (Fsp3) is 0.462. The number of carbonyl (C=O) groups is 1. The number of hydrogen-bond donors (Lipinski definition) is 0. The van der Waals surface area contributed by atoms with Crippen LogP contribution in [0.4, 0.5) is 4.79 Å². The molecule has 92 valence electrons. The number of methoxy groups -OCH3 is 1. The second-order valence-corrected chi connectivity index (χ2v) is 4.13. The van der Waals surface area contributed by atoms with Crippen molar-refractivity contribution in [3.63, 3.8) is 0 Å². The number of aryl methyl sites for hydroxylation is 1. The van der Waals surface area contributed by atoms with E-state index in [0.29, 0.717) is 19.7 Å². The second kappa shape index (κ2) is 5.19. The van der Waals surface area contributed by atoms with Gasteiger partial charge in [-0.2, -0.15) is 0 Å². The van der Waals surface area contributed by atoms with Crippen molar-refractivity contribution in [3.8, 4) is 0 Å². The molecule has 1 fully saturated rings. The van der Waals surface area contributed by atoms with E-state index in [-0.39, 0.29) is 12.2 Å². The van der Waals surface area contributed by atoms with Crippen LogP contribution in [0.3, 0.4) is 0 Å². The van der Waals surface area contributed by atoms with Crippen LogP contribution in [-0.2, 0) is 9.47 Å². The molecule has 4 nitrogen and oxygen atoms in total. The van der Waals surface area contributed by atoms with Crippen LogP contribution < -0.4 is 0 Å². The summed E-state index contributed by atoms with van der Waals surface area (Å²) in [5.41, 5.74) is 2.32. The van der Waals surface area contributed by atoms with Crippen LogP contribution in [-0.4, -0.2) is 37.8 Å². The van der Waals surface area contributed by atoms with Gasteiger partial charge in [0.05, 0.1) is 20.3 Å². The summed E-state index contributed by atoms with van der Waals surface area (Å²) in [5.74, 6) is 0. The summed E-state index contributed by atoms with van der Waals surface area (Å²) < 4.78 is 10.5. The molecule has 1 atom stereocenters. The van der Waals surface area contributed by atoms with E-state index in [1.807, 2.05) is 18.2 Å². The van der Waals surface area contributed by atoms with Gasteiger partial charge in [0.15, 0.2) is 0 Å². The first kappa shape index (κ1) is 11.9. The largest absolute Gasteiger partial charge is 0.453 e. The van der Waals surface area contributed by atoms with Crippen LogP contribution in [0.15, 0.2) is 24.3 Å². The van der Waals surface area contributed by atoms with Crippen molar-refractivity contribution in [3.05, 3.63) is 35.4 Å². The molecular formula is C13H17NO3. The maximum absolute atomic E-state index is 11.5. The van der Waals surface area contributed by atoms with Crippen molar-refractivity contribution < 1.29 is 14.3 Å². The lowest BCUT2D eigenvalue weighted by Crippen LogP contribution is -2.42. The number of ether oxygens (including phenoxy) is 2. The van der Waals surface area contributed by atoms with Gasteiger partial charge in [-0.05, 0) is 18.1 Å². The van der Waals surface area contributed by atoms with Crippen molar-refractivity contribution in [1.82, 2.24) is 4.90 Å². The third kappa shape index (κ3) is 2.58. The Balaban J connectivity index is 2.12. The monoisotopic (exact) mass is 235 g/mol. The molecule has 17 heavy (non-hydrogen) atoms. The van der Waals surface area contributed by atoms with Crippen LogP contribution in [0.2, 0.25) is 0 Å². The van der Waals surface area contributed by atoms with E-state index in [4.69, 9.17) is 9.47 Å². The molecule has 2 rings (SSSR count). The van der Waals surface area contributed by atoms with Gasteiger partial charge in [0.25, 0.3) is 0 Å². The predicted molar refractivity (Wildman–Crippen MR) is 63.9 cm³/mol. The summed E-state index contributed by atoms with van der Waals surface area (Å²) in [5, 5.41) is 0. The number of morpholine rings is 1. The Bertz CT molecular complexity index is 405. The average Bonchev–Trinajstić information content (AvgIpc) is 2.38. The molecule has 0 radical (unpaired) electrons. The molecule has 1 aliphatic rings. The highest BCUT2D eigenvalue weighted by atomic mass is 16.5. The maximum atomic E-state index is 11.5. The Morgan fingerprint density at radius 1 is 1.47 bits per heavy atom. The maximum Gasteiger partial charge on any atom is 0.409 e. The van der Waals surface area contributed by atoms with Gasteiger partial charge in [-0.3, -0.25) is 0 Å². The van der Waals surface area contributed by atoms with Gasteiger partial charge in [-0.25, -0.2) is 4.79 Å². The summed E-state index contributed by atoms with van der Waals surface area (Å²) in [6.45, 7) is 3.75.